The first kappa shape index (κ1) is 13.2. The Balaban J connectivity index is 2.59. The van der Waals surface area contributed by atoms with Crippen LogP contribution in [0, 0.1) is 0 Å². The van der Waals surface area contributed by atoms with Crippen molar-refractivity contribution in [2.24, 2.45) is 5.73 Å². The van der Waals surface area contributed by atoms with Gasteiger partial charge in [0.05, 0.1) is 22.8 Å². The molecule has 1 aromatic carbocycles. The largest absolute Gasteiger partial charge is 0.495 e. The molecule has 0 saturated heterocycles. The van der Waals surface area contributed by atoms with Gasteiger partial charge in [0.25, 0.3) is 0 Å². The predicted molar refractivity (Wildman–Crippen MR) is 67.2 cm³/mol. The number of hydrogen-bond donors (Lipinski definition) is 1. The third-order valence-corrected chi connectivity index (χ3v) is 3.79. The van der Waals surface area contributed by atoms with Gasteiger partial charge < -0.3 is 10.5 Å². The second-order valence-electron chi connectivity index (χ2n) is 3.82. The summed E-state index contributed by atoms with van der Waals surface area (Å²) in [7, 11) is 0.603. The fourth-order valence-corrected chi connectivity index (χ4v) is 2.71. The molecule has 1 aromatic rings. The topological polar surface area (TPSA) is 52.3 Å². The van der Waals surface area contributed by atoms with Crippen LogP contribution >= 0.6 is 0 Å². The summed E-state index contributed by atoms with van der Waals surface area (Å²) in [6.07, 6.45) is 1.78. The van der Waals surface area contributed by atoms with Crippen LogP contribution < -0.4 is 10.5 Å². The van der Waals surface area contributed by atoms with Crippen LogP contribution in [0.15, 0.2) is 29.2 Å². The second kappa shape index (κ2) is 6.66. The molecule has 0 amide bonds. The maximum atomic E-state index is 12.0. The Kier molecular flexibility index (Phi) is 5.49. The van der Waals surface area contributed by atoms with Crippen molar-refractivity contribution in [3.8, 4) is 5.75 Å². The van der Waals surface area contributed by atoms with Gasteiger partial charge in [0.15, 0.2) is 0 Å². The van der Waals surface area contributed by atoms with E-state index in [9.17, 15) is 4.21 Å². The highest BCUT2D eigenvalue weighted by molar-refractivity contribution is 7.85. The Bertz CT molecular complexity index is 353. The molecule has 90 valence electrons. The molecule has 0 aliphatic rings. The SMILES string of the molecule is COc1ccccc1S(=O)CCCC(C)N. The summed E-state index contributed by atoms with van der Waals surface area (Å²) in [6.45, 7) is 1.96. The van der Waals surface area contributed by atoms with Crippen molar-refractivity contribution in [3.05, 3.63) is 24.3 Å². The zero-order valence-corrected chi connectivity index (χ0v) is 10.6. The average Bonchev–Trinajstić information content (AvgIpc) is 2.28. The molecule has 0 fully saturated rings. The summed E-state index contributed by atoms with van der Waals surface area (Å²) < 4.78 is 17.2. The minimum atomic E-state index is -0.992. The quantitative estimate of drug-likeness (QED) is 0.828. The lowest BCUT2D eigenvalue weighted by molar-refractivity contribution is 0.404. The summed E-state index contributed by atoms with van der Waals surface area (Å²) in [6, 6.07) is 7.61. The van der Waals surface area contributed by atoms with Gasteiger partial charge in [-0.1, -0.05) is 12.1 Å². The molecule has 0 spiro atoms. The van der Waals surface area contributed by atoms with Crippen molar-refractivity contribution >= 4 is 10.8 Å². The van der Waals surface area contributed by atoms with Crippen LogP contribution in [0.1, 0.15) is 19.8 Å². The molecule has 2 N–H and O–H groups in total. The van der Waals surface area contributed by atoms with E-state index in [1.165, 1.54) is 0 Å². The van der Waals surface area contributed by atoms with Gasteiger partial charge in [-0.15, -0.1) is 0 Å². The van der Waals surface area contributed by atoms with Gasteiger partial charge in [-0.2, -0.15) is 0 Å². The third kappa shape index (κ3) is 3.94. The number of rotatable bonds is 6. The molecular weight excluding hydrogens is 222 g/mol. The van der Waals surface area contributed by atoms with Crippen LogP contribution in [0.4, 0.5) is 0 Å². The minimum Gasteiger partial charge on any atom is -0.495 e. The van der Waals surface area contributed by atoms with E-state index in [0.29, 0.717) is 11.5 Å². The van der Waals surface area contributed by atoms with E-state index in [1.807, 2.05) is 31.2 Å². The van der Waals surface area contributed by atoms with Crippen molar-refractivity contribution in [1.29, 1.82) is 0 Å². The molecule has 1 rings (SSSR count). The van der Waals surface area contributed by atoms with E-state index in [-0.39, 0.29) is 6.04 Å². The lowest BCUT2D eigenvalue weighted by Crippen LogP contribution is -2.15. The molecule has 0 heterocycles. The molecule has 0 saturated carbocycles. The number of hydrogen-bond acceptors (Lipinski definition) is 3. The van der Waals surface area contributed by atoms with Gasteiger partial charge in [-0.05, 0) is 31.9 Å². The van der Waals surface area contributed by atoms with Gasteiger partial charge in [-0.3, -0.25) is 4.21 Å². The first-order valence-corrected chi connectivity index (χ1v) is 6.74. The molecule has 0 aromatic heterocycles. The molecule has 0 aliphatic heterocycles. The Labute approximate surface area is 99.4 Å². The highest BCUT2D eigenvalue weighted by Gasteiger charge is 2.09. The fraction of sp³-hybridized carbons (Fsp3) is 0.500. The van der Waals surface area contributed by atoms with E-state index in [0.717, 1.165) is 17.7 Å². The zero-order valence-electron chi connectivity index (χ0n) is 9.81. The Hall–Kier alpha value is -0.870. The van der Waals surface area contributed by atoms with Crippen molar-refractivity contribution in [2.75, 3.05) is 12.9 Å². The molecule has 0 bridgehead atoms. The van der Waals surface area contributed by atoms with Gasteiger partial charge in [-0.25, -0.2) is 0 Å². The number of benzene rings is 1. The average molecular weight is 241 g/mol. The molecule has 4 heteroatoms. The fourth-order valence-electron chi connectivity index (χ4n) is 1.45. The molecule has 2 atom stereocenters. The van der Waals surface area contributed by atoms with Crippen LogP contribution in [0.5, 0.6) is 5.75 Å². The molecular formula is C12H19NO2S. The first-order valence-electron chi connectivity index (χ1n) is 5.42. The van der Waals surface area contributed by atoms with Crippen LogP contribution in [0.3, 0.4) is 0 Å². The van der Waals surface area contributed by atoms with Crippen LogP contribution in [0.2, 0.25) is 0 Å². The van der Waals surface area contributed by atoms with Crippen LogP contribution in [0.25, 0.3) is 0 Å². The van der Waals surface area contributed by atoms with E-state index in [2.05, 4.69) is 0 Å². The summed E-state index contributed by atoms with van der Waals surface area (Å²) in [4.78, 5) is 0.773. The molecule has 2 unspecified atom stereocenters. The lowest BCUT2D eigenvalue weighted by atomic mass is 10.2. The standard InChI is InChI=1S/C12H19NO2S/c1-10(13)6-5-9-16(14)12-8-4-3-7-11(12)15-2/h3-4,7-8,10H,5-6,9,13H2,1-2H3. The number of ether oxygens (including phenoxy) is 1. The Morgan fingerprint density at radius 3 is 2.75 bits per heavy atom. The first-order chi connectivity index (χ1) is 7.65. The van der Waals surface area contributed by atoms with Gasteiger partial charge >= 0.3 is 0 Å². The normalized spacial score (nSPS) is 14.4. The Morgan fingerprint density at radius 1 is 1.44 bits per heavy atom. The maximum absolute atomic E-state index is 12.0. The van der Waals surface area contributed by atoms with Crippen molar-refractivity contribution in [3.63, 3.8) is 0 Å². The highest BCUT2D eigenvalue weighted by atomic mass is 32.2. The number of para-hydroxylation sites is 1. The van der Waals surface area contributed by atoms with Gasteiger partial charge in [0.2, 0.25) is 0 Å². The zero-order chi connectivity index (χ0) is 12.0. The van der Waals surface area contributed by atoms with E-state index in [4.69, 9.17) is 10.5 Å². The van der Waals surface area contributed by atoms with Crippen LogP contribution in [-0.2, 0) is 10.8 Å². The summed E-state index contributed by atoms with van der Waals surface area (Å²) in [5.41, 5.74) is 5.65. The molecule has 16 heavy (non-hydrogen) atoms. The number of nitrogens with two attached hydrogens (primary N) is 1. The smallest absolute Gasteiger partial charge is 0.134 e. The summed E-state index contributed by atoms with van der Waals surface area (Å²) >= 11 is 0. The monoisotopic (exact) mass is 241 g/mol. The van der Waals surface area contributed by atoms with Crippen molar-refractivity contribution in [1.82, 2.24) is 0 Å². The maximum Gasteiger partial charge on any atom is 0.134 e. The van der Waals surface area contributed by atoms with Gasteiger partial charge in [0, 0.05) is 11.8 Å². The second-order valence-corrected chi connectivity index (χ2v) is 5.36. The van der Waals surface area contributed by atoms with Crippen molar-refractivity contribution < 1.29 is 8.95 Å². The molecule has 0 aliphatic carbocycles. The van der Waals surface area contributed by atoms with Gasteiger partial charge in [0.1, 0.15) is 5.75 Å². The Morgan fingerprint density at radius 2 is 2.12 bits per heavy atom. The van der Waals surface area contributed by atoms with Crippen LogP contribution in [-0.4, -0.2) is 23.1 Å². The molecule has 0 radical (unpaired) electrons. The highest BCUT2D eigenvalue weighted by Crippen LogP contribution is 2.21. The summed E-state index contributed by atoms with van der Waals surface area (Å²) in [5.74, 6) is 1.34. The lowest BCUT2D eigenvalue weighted by Gasteiger charge is -2.08. The molecule has 3 nitrogen and oxygen atoms in total. The van der Waals surface area contributed by atoms with E-state index in [1.54, 1.807) is 7.11 Å². The number of methoxy groups -OCH3 is 1. The van der Waals surface area contributed by atoms with Crippen molar-refractivity contribution in [2.45, 2.75) is 30.7 Å². The third-order valence-electron chi connectivity index (χ3n) is 2.30. The van der Waals surface area contributed by atoms with E-state index < -0.39 is 10.8 Å². The predicted octanol–water partition coefficient (Wildman–Crippen LogP) is 1.93. The minimum absolute atomic E-state index is 0.176. The van der Waals surface area contributed by atoms with E-state index >= 15 is 0 Å². The summed E-state index contributed by atoms with van der Waals surface area (Å²) in [5, 5.41) is 0.